The van der Waals surface area contributed by atoms with Crippen molar-refractivity contribution in [3.8, 4) is 0 Å². The summed E-state index contributed by atoms with van der Waals surface area (Å²) in [7, 11) is 0. The molecule has 1 fully saturated rings. The van der Waals surface area contributed by atoms with Crippen molar-refractivity contribution in [1.82, 2.24) is 16.0 Å². The summed E-state index contributed by atoms with van der Waals surface area (Å²) < 4.78 is 5.33. The number of hydrogen-bond acceptors (Lipinski definition) is 5. The minimum atomic E-state index is -1.29. The minimum absolute atomic E-state index is 0.0630. The number of hydrogen-bond donors (Lipinski definition) is 4. The zero-order valence-electron chi connectivity index (χ0n) is 18.9. The van der Waals surface area contributed by atoms with E-state index in [9.17, 15) is 19.5 Å². The molecule has 0 aliphatic carbocycles. The van der Waals surface area contributed by atoms with E-state index in [0.29, 0.717) is 25.8 Å². The van der Waals surface area contributed by atoms with Gasteiger partial charge in [0.05, 0.1) is 12.6 Å². The number of benzene rings is 1. The van der Waals surface area contributed by atoms with E-state index in [2.05, 4.69) is 16.0 Å². The zero-order valence-corrected chi connectivity index (χ0v) is 18.9. The van der Waals surface area contributed by atoms with Crippen molar-refractivity contribution in [2.75, 3.05) is 13.2 Å². The Bertz CT molecular complexity index is 768. The highest BCUT2D eigenvalue weighted by atomic mass is 16.5. The average Bonchev–Trinajstić information content (AvgIpc) is 3.16. The van der Waals surface area contributed by atoms with Crippen LogP contribution in [0.15, 0.2) is 30.3 Å². The molecule has 0 spiro atoms. The number of carbonyl (C=O) groups is 3. The maximum absolute atomic E-state index is 13.3. The smallest absolute Gasteiger partial charge is 0.408 e. The molecule has 1 aromatic rings. The number of alkyl carbamates (subject to hydrolysis) is 1. The highest BCUT2D eigenvalue weighted by Gasteiger charge is 2.48. The summed E-state index contributed by atoms with van der Waals surface area (Å²) >= 11 is 0. The molecule has 0 aromatic heterocycles. The van der Waals surface area contributed by atoms with E-state index in [0.717, 1.165) is 5.56 Å². The normalized spacial score (nSPS) is 19.1. The quantitative estimate of drug-likeness (QED) is 0.451. The molecule has 4 N–H and O–H groups in total. The zero-order chi connectivity index (χ0) is 23.1. The average molecular weight is 434 g/mol. The number of amides is 3. The van der Waals surface area contributed by atoms with Crippen LogP contribution in [0.25, 0.3) is 0 Å². The van der Waals surface area contributed by atoms with E-state index < -0.39 is 29.0 Å². The molecule has 1 saturated heterocycles. The van der Waals surface area contributed by atoms with E-state index >= 15 is 0 Å². The fourth-order valence-corrected chi connectivity index (χ4v) is 3.57. The maximum Gasteiger partial charge on any atom is 0.408 e. The summed E-state index contributed by atoms with van der Waals surface area (Å²) in [5.74, 6) is -0.730. The Labute approximate surface area is 184 Å². The molecule has 3 amide bonds. The van der Waals surface area contributed by atoms with E-state index in [1.165, 1.54) is 0 Å². The molecule has 0 radical (unpaired) electrons. The third-order valence-corrected chi connectivity index (χ3v) is 6.54. The number of aliphatic hydroxyl groups is 1. The molecule has 31 heavy (non-hydrogen) atoms. The van der Waals surface area contributed by atoms with Crippen LogP contribution in [0.3, 0.4) is 0 Å². The van der Waals surface area contributed by atoms with Crippen LogP contribution in [0.2, 0.25) is 0 Å². The van der Waals surface area contributed by atoms with Crippen LogP contribution >= 0.6 is 0 Å². The first-order valence-electron chi connectivity index (χ1n) is 10.8. The van der Waals surface area contributed by atoms with Gasteiger partial charge in [-0.2, -0.15) is 0 Å². The molecular weight excluding hydrogens is 398 g/mol. The third kappa shape index (κ3) is 6.19. The summed E-state index contributed by atoms with van der Waals surface area (Å²) in [5.41, 5.74) is -1.05. The summed E-state index contributed by atoms with van der Waals surface area (Å²) in [6.07, 6.45) is 0.936. The van der Waals surface area contributed by atoms with Crippen LogP contribution in [0.5, 0.6) is 0 Å². The third-order valence-electron chi connectivity index (χ3n) is 6.54. The number of ether oxygens (including phenoxy) is 1. The second kappa shape index (κ2) is 10.6. The lowest BCUT2D eigenvalue weighted by atomic mass is 9.70. The van der Waals surface area contributed by atoms with E-state index in [1.807, 2.05) is 51.1 Å². The Morgan fingerprint density at radius 1 is 1.26 bits per heavy atom. The lowest BCUT2D eigenvalue weighted by molar-refractivity contribution is -0.133. The van der Waals surface area contributed by atoms with Gasteiger partial charge < -0.3 is 25.8 Å². The number of nitrogens with one attached hydrogen (secondary N) is 3. The highest BCUT2D eigenvalue weighted by molar-refractivity contribution is 5.90. The second-order valence-corrected chi connectivity index (χ2v) is 8.91. The predicted octanol–water partition coefficient (Wildman–Crippen LogP) is 2.11. The fourth-order valence-electron chi connectivity index (χ4n) is 3.57. The van der Waals surface area contributed by atoms with Gasteiger partial charge in [-0.25, -0.2) is 4.79 Å². The topological polar surface area (TPSA) is 117 Å². The van der Waals surface area contributed by atoms with E-state index in [4.69, 9.17) is 4.74 Å². The molecular formula is C23H35N3O5. The predicted molar refractivity (Wildman–Crippen MR) is 117 cm³/mol. The van der Waals surface area contributed by atoms with Gasteiger partial charge in [0.25, 0.3) is 0 Å². The summed E-state index contributed by atoms with van der Waals surface area (Å²) in [6, 6.07) is 8.69. The summed E-state index contributed by atoms with van der Waals surface area (Å²) in [4.78, 5) is 37.7. The molecule has 2 rings (SSSR count). The molecule has 0 saturated carbocycles. The van der Waals surface area contributed by atoms with Gasteiger partial charge in [0.15, 0.2) is 0 Å². The van der Waals surface area contributed by atoms with Gasteiger partial charge in [-0.15, -0.1) is 0 Å². The van der Waals surface area contributed by atoms with Crippen LogP contribution in [0.1, 0.15) is 52.5 Å². The molecule has 172 valence electrons. The van der Waals surface area contributed by atoms with Gasteiger partial charge in [0, 0.05) is 12.5 Å². The molecule has 1 aliphatic rings. The molecule has 0 bridgehead atoms. The lowest BCUT2D eigenvalue weighted by Gasteiger charge is -2.43. The molecule has 8 heteroatoms. The van der Waals surface area contributed by atoms with Crippen molar-refractivity contribution in [3.63, 3.8) is 0 Å². The van der Waals surface area contributed by atoms with Crippen LogP contribution in [-0.2, 0) is 20.9 Å². The highest BCUT2D eigenvalue weighted by Crippen LogP contribution is 2.35. The van der Waals surface area contributed by atoms with Crippen LogP contribution in [-0.4, -0.2) is 47.7 Å². The Hall–Kier alpha value is -2.61. The van der Waals surface area contributed by atoms with Gasteiger partial charge in [-0.1, -0.05) is 51.1 Å². The molecule has 1 aromatic carbocycles. The first kappa shape index (κ1) is 24.7. The van der Waals surface area contributed by atoms with Crippen LogP contribution in [0.4, 0.5) is 4.79 Å². The lowest BCUT2D eigenvalue weighted by Crippen LogP contribution is -2.66. The molecule has 3 atom stereocenters. The standard InChI is InChI=1S/C23H35N3O5/c1-5-22(2,3)23(4,26-21(30)31-15-16-9-7-6-8-10-16)20(29)25-18(14-27)13-17-11-12-24-19(17)28/h6-10,17-18,27H,5,11-15H2,1-4H3,(H,24,28)(H,25,29)(H,26,30). The van der Waals surface area contributed by atoms with Gasteiger partial charge in [-0.3, -0.25) is 9.59 Å². The van der Waals surface area contributed by atoms with Gasteiger partial charge in [-0.05, 0) is 37.2 Å². The van der Waals surface area contributed by atoms with Gasteiger partial charge >= 0.3 is 6.09 Å². The van der Waals surface area contributed by atoms with Crippen LogP contribution < -0.4 is 16.0 Å². The van der Waals surface area contributed by atoms with Crippen molar-refractivity contribution in [2.24, 2.45) is 11.3 Å². The van der Waals surface area contributed by atoms with Crippen molar-refractivity contribution in [3.05, 3.63) is 35.9 Å². The van der Waals surface area contributed by atoms with E-state index in [-0.39, 0.29) is 25.0 Å². The molecule has 3 unspecified atom stereocenters. The van der Waals surface area contributed by atoms with E-state index in [1.54, 1.807) is 6.92 Å². The number of aliphatic hydroxyl groups excluding tert-OH is 1. The van der Waals surface area contributed by atoms with Crippen molar-refractivity contribution >= 4 is 17.9 Å². The molecule has 8 nitrogen and oxygen atoms in total. The van der Waals surface area contributed by atoms with Crippen LogP contribution in [0, 0.1) is 11.3 Å². The monoisotopic (exact) mass is 433 g/mol. The summed E-state index contributed by atoms with van der Waals surface area (Å²) in [5, 5.41) is 18.1. The SMILES string of the molecule is CCC(C)(C)C(C)(NC(=O)OCc1ccccc1)C(=O)NC(CO)CC1CCNC1=O. The van der Waals surface area contributed by atoms with Crippen molar-refractivity contribution in [2.45, 2.75) is 65.1 Å². The maximum atomic E-state index is 13.3. The second-order valence-electron chi connectivity index (χ2n) is 8.91. The van der Waals surface area contributed by atoms with Crippen molar-refractivity contribution in [1.29, 1.82) is 0 Å². The Morgan fingerprint density at radius 3 is 2.48 bits per heavy atom. The minimum Gasteiger partial charge on any atom is -0.445 e. The van der Waals surface area contributed by atoms with Crippen molar-refractivity contribution < 1.29 is 24.2 Å². The fraction of sp³-hybridized carbons (Fsp3) is 0.609. The Morgan fingerprint density at radius 2 is 1.94 bits per heavy atom. The first-order valence-corrected chi connectivity index (χ1v) is 10.8. The largest absolute Gasteiger partial charge is 0.445 e. The van der Waals surface area contributed by atoms with Gasteiger partial charge in [0.1, 0.15) is 12.1 Å². The number of carbonyl (C=O) groups excluding carboxylic acids is 3. The van der Waals surface area contributed by atoms with Gasteiger partial charge in [0.2, 0.25) is 11.8 Å². The Kier molecular flexibility index (Phi) is 8.44. The summed E-state index contributed by atoms with van der Waals surface area (Å²) in [6.45, 7) is 7.78. The first-order chi connectivity index (χ1) is 14.6. The number of rotatable bonds is 10. The molecule has 1 heterocycles. The Balaban J connectivity index is 2.08. The molecule has 1 aliphatic heterocycles.